The van der Waals surface area contributed by atoms with Crippen LogP contribution < -0.4 is 10.1 Å². The van der Waals surface area contributed by atoms with Crippen LogP contribution in [0.5, 0.6) is 5.75 Å². The van der Waals surface area contributed by atoms with Gasteiger partial charge in [-0.3, -0.25) is 4.98 Å². The van der Waals surface area contributed by atoms with Gasteiger partial charge in [-0.1, -0.05) is 6.92 Å². The van der Waals surface area contributed by atoms with Gasteiger partial charge in [0.25, 0.3) is 0 Å². The number of aromatic nitrogens is 1. The molecular formula is C14H24N2O2. The first kappa shape index (κ1) is 14.9. The highest BCUT2D eigenvalue weighted by Crippen LogP contribution is 2.27. The molecule has 1 aromatic heterocycles. The molecule has 0 amide bonds. The Labute approximate surface area is 110 Å². The molecule has 0 saturated heterocycles. The third kappa shape index (κ3) is 4.27. The van der Waals surface area contributed by atoms with Crippen LogP contribution in [0.4, 0.5) is 0 Å². The van der Waals surface area contributed by atoms with Crippen LogP contribution in [0, 0.1) is 0 Å². The standard InChI is InChI=1S/C14H24N2O2/c1-6-16-13(8-14(2,3)18-5)11-7-12(17-4)10-15-9-11/h7,9-10,13,16H,6,8H2,1-5H3. The molecule has 18 heavy (non-hydrogen) atoms. The van der Waals surface area contributed by atoms with Crippen LogP contribution in [0.15, 0.2) is 18.5 Å². The molecule has 4 nitrogen and oxygen atoms in total. The first-order valence-corrected chi connectivity index (χ1v) is 6.30. The molecule has 102 valence electrons. The van der Waals surface area contributed by atoms with Crippen molar-refractivity contribution < 1.29 is 9.47 Å². The van der Waals surface area contributed by atoms with E-state index < -0.39 is 0 Å². The molecular weight excluding hydrogens is 228 g/mol. The second kappa shape index (κ2) is 6.71. The van der Waals surface area contributed by atoms with Crippen molar-refractivity contribution in [2.45, 2.75) is 38.8 Å². The summed E-state index contributed by atoms with van der Waals surface area (Å²) in [6, 6.07) is 2.24. The SMILES string of the molecule is CCNC(CC(C)(C)OC)c1cncc(OC)c1. The molecule has 0 aliphatic carbocycles. The lowest BCUT2D eigenvalue weighted by atomic mass is 9.94. The summed E-state index contributed by atoms with van der Waals surface area (Å²) in [6.45, 7) is 7.18. The Kier molecular flexibility index (Phi) is 5.56. The van der Waals surface area contributed by atoms with Crippen molar-refractivity contribution in [2.75, 3.05) is 20.8 Å². The van der Waals surface area contributed by atoms with Gasteiger partial charge >= 0.3 is 0 Å². The van der Waals surface area contributed by atoms with Crippen molar-refractivity contribution in [1.82, 2.24) is 10.3 Å². The maximum Gasteiger partial charge on any atom is 0.137 e. The van der Waals surface area contributed by atoms with E-state index in [1.165, 1.54) is 0 Å². The number of methoxy groups -OCH3 is 2. The van der Waals surface area contributed by atoms with Crippen LogP contribution in [-0.2, 0) is 4.74 Å². The normalized spacial score (nSPS) is 13.4. The fourth-order valence-electron chi connectivity index (χ4n) is 1.87. The van der Waals surface area contributed by atoms with Crippen molar-refractivity contribution >= 4 is 0 Å². The van der Waals surface area contributed by atoms with E-state index in [0.29, 0.717) is 0 Å². The summed E-state index contributed by atoms with van der Waals surface area (Å²) in [4.78, 5) is 4.21. The number of nitrogens with one attached hydrogen (secondary N) is 1. The summed E-state index contributed by atoms with van der Waals surface area (Å²) in [5.41, 5.74) is 0.956. The van der Waals surface area contributed by atoms with Gasteiger partial charge in [0.15, 0.2) is 0 Å². The van der Waals surface area contributed by atoms with Crippen LogP contribution in [-0.4, -0.2) is 31.3 Å². The molecule has 1 atom stereocenters. The molecule has 1 aromatic rings. The Hall–Kier alpha value is -1.13. The zero-order valence-electron chi connectivity index (χ0n) is 12.0. The van der Waals surface area contributed by atoms with Gasteiger partial charge in [0.1, 0.15) is 5.75 Å². The summed E-state index contributed by atoms with van der Waals surface area (Å²) in [6.07, 6.45) is 4.47. The monoisotopic (exact) mass is 252 g/mol. The molecule has 0 radical (unpaired) electrons. The predicted octanol–water partition coefficient (Wildman–Crippen LogP) is 2.56. The highest BCUT2D eigenvalue weighted by atomic mass is 16.5. The maximum atomic E-state index is 5.50. The number of pyridine rings is 1. The van der Waals surface area contributed by atoms with Gasteiger partial charge in [-0.05, 0) is 38.4 Å². The van der Waals surface area contributed by atoms with Crippen molar-refractivity contribution in [3.05, 3.63) is 24.0 Å². The van der Waals surface area contributed by atoms with Gasteiger partial charge in [0, 0.05) is 19.3 Å². The largest absolute Gasteiger partial charge is 0.495 e. The van der Waals surface area contributed by atoms with Gasteiger partial charge in [-0.25, -0.2) is 0 Å². The molecule has 4 heteroatoms. The molecule has 0 fully saturated rings. The van der Waals surface area contributed by atoms with E-state index in [9.17, 15) is 0 Å². The Balaban J connectivity index is 2.89. The lowest BCUT2D eigenvalue weighted by Crippen LogP contribution is -2.32. The minimum atomic E-state index is -0.171. The second-order valence-electron chi connectivity index (χ2n) is 4.94. The Morgan fingerprint density at radius 2 is 2.06 bits per heavy atom. The number of nitrogens with zero attached hydrogens (tertiary/aromatic N) is 1. The van der Waals surface area contributed by atoms with E-state index in [2.05, 4.69) is 31.1 Å². The van der Waals surface area contributed by atoms with Crippen molar-refractivity contribution in [3.63, 3.8) is 0 Å². The molecule has 0 saturated carbocycles. The van der Waals surface area contributed by atoms with Crippen molar-refractivity contribution in [2.24, 2.45) is 0 Å². The summed E-state index contributed by atoms with van der Waals surface area (Å²) in [5, 5.41) is 3.47. The van der Waals surface area contributed by atoms with E-state index >= 15 is 0 Å². The highest BCUT2D eigenvalue weighted by molar-refractivity contribution is 5.26. The molecule has 1 N–H and O–H groups in total. The van der Waals surface area contributed by atoms with Crippen LogP contribution in [0.1, 0.15) is 38.8 Å². The van der Waals surface area contributed by atoms with Crippen molar-refractivity contribution in [3.8, 4) is 5.75 Å². The number of hydrogen-bond donors (Lipinski definition) is 1. The number of rotatable bonds is 7. The topological polar surface area (TPSA) is 43.4 Å². The quantitative estimate of drug-likeness (QED) is 0.810. The molecule has 1 heterocycles. The van der Waals surface area contributed by atoms with Gasteiger partial charge in [0.05, 0.1) is 18.9 Å². The molecule has 0 aliphatic heterocycles. The van der Waals surface area contributed by atoms with E-state index in [1.807, 2.05) is 12.3 Å². The van der Waals surface area contributed by atoms with E-state index in [-0.39, 0.29) is 11.6 Å². The summed E-state index contributed by atoms with van der Waals surface area (Å²) >= 11 is 0. The third-order valence-corrected chi connectivity index (χ3v) is 3.07. The van der Waals surface area contributed by atoms with Crippen LogP contribution in [0.3, 0.4) is 0 Å². The Bertz CT molecular complexity index is 367. The molecule has 0 aliphatic rings. The highest BCUT2D eigenvalue weighted by Gasteiger charge is 2.23. The first-order chi connectivity index (χ1) is 8.52. The third-order valence-electron chi connectivity index (χ3n) is 3.07. The lowest BCUT2D eigenvalue weighted by Gasteiger charge is -2.29. The second-order valence-corrected chi connectivity index (χ2v) is 4.94. The smallest absolute Gasteiger partial charge is 0.137 e. The van der Waals surface area contributed by atoms with E-state index in [1.54, 1.807) is 20.4 Å². The molecule has 1 unspecified atom stereocenters. The zero-order chi connectivity index (χ0) is 13.6. The molecule has 0 spiro atoms. The summed E-state index contributed by atoms with van der Waals surface area (Å²) in [5.74, 6) is 0.783. The Morgan fingerprint density at radius 1 is 1.33 bits per heavy atom. The predicted molar refractivity (Wildman–Crippen MR) is 72.9 cm³/mol. The summed E-state index contributed by atoms with van der Waals surface area (Å²) < 4.78 is 10.7. The minimum absolute atomic E-state index is 0.171. The number of ether oxygens (including phenoxy) is 2. The maximum absolute atomic E-state index is 5.50. The fourth-order valence-corrected chi connectivity index (χ4v) is 1.87. The number of hydrogen-bond acceptors (Lipinski definition) is 4. The molecule has 0 bridgehead atoms. The van der Waals surface area contributed by atoms with Crippen LogP contribution in [0.25, 0.3) is 0 Å². The van der Waals surface area contributed by atoms with E-state index in [4.69, 9.17) is 9.47 Å². The average Bonchev–Trinajstić information content (AvgIpc) is 2.38. The van der Waals surface area contributed by atoms with E-state index in [0.717, 1.165) is 24.3 Å². The minimum Gasteiger partial charge on any atom is -0.495 e. The molecule has 0 aromatic carbocycles. The van der Waals surface area contributed by atoms with Crippen LogP contribution in [0.2, 0.25) is 0 Å². The van der Waals surface area contributed by atoms with Gasteiger partial charge in [-0.15, -0.1) is 0 Å². The summed E-state index contributed by atoms with van der Waals surface area (Å²) in [7, 11) is 3.40. The van der Waals surface area contributed by atoms with Crippen LogP contribution >= 0.6 is 0 Å². The zero-order valence-corrected chi connectivity index (χ0v) is 12.0. The van der Waals surface area contributed by atoms with Gasteiger partial charge < -0.3 is 14.8 Å². The average molecular weight is 252 g/mol. The van der Waals surface area contributed by atoms with Gasteiger partial charge in [-0.2, -0.15) is 0 Å². The van der Waals surface area contributed by atoms with Gasteiger partial charge in [0.2, 0.25) is 0 Å². The lowest BCUT2D eigenvalue weighted by molar-refractivity contribution is 0.00693. The van der Waals surface area contributed by atoms with Crippen molar-refractivity contribution in [1.29, 1.82) is 0 Å². The fraction of sp³-hybridized carbons (Fsp3) is 0.643. The Morgan fingerprint density at radius 3 is 2.61 bits per heavy atom. The molecule has 1 rings (SSSR count). The first-order valence-electron chi connectivity index (χ1n) is 6.30.